The highest BCUT2D eigenvalue weighted by molar-refractivity contribution is 7.89. The van der Waals surface area contributed by atoms with Crippen molar-refractivity contribution in [3.05, 3.63) is 29.3 Å². The van der Waals surface area contributed by atoms with Gasteiger partial charge in [-0.25, -0.2) is 17.5 Å². The van der Waals surface area contributed by atoms with Gasteiger partial charge in [-0.3, -0.25) is 4.79 Å². The zero-order chi connectivity index (χ0) is 17.1. The van der Waals surface area contributed by atoms with Crippen molar-refractivity contribution in [1.82, 2.24) is 4.31 Å². The molecule has 0 amide bonds. The van der Waals surface area contributed by atoms with E-state index in [9.17, 15) is 18.0 Å². The Morgan fingerprint density at radius 1 is 1.36 bits per heavy atom. The zero-order valence-corrected chi connectivity index (χ0v) is 13.7. The van der Waals surface area contributed by atoms with Crippen molar-refractivity contribution in [2.45, 2.75) is 18.7 Å². The molecule has 1 atom stereocenters. The van der Waals surface area contributed by atoms with Gasteiger partial charge in [-0.15, -0.1) is 0 Å². The van der Waals surface area contributed by atoms with Crippen LogP contribution in [0.15, 0.2) is 23.1 Å². The second-order valence-electron chi connectivity index (χ2n) is 4.99. The fourth-order valence-electron chi connectivity index (χ4n) is 1.88. The Balaban J connectivity index is 3.11. The van der Waals surface area contributed by atoms with Crippen molar-refractivity contribution in [2.75, 3.05) is 20.7 Å². The van der Waals surface area contributed by atoms with Gasteiger partial charge in [0.05, 0.1) is 23.5 Å². The molecule has 1 aromatic carbocycles. The largest absolute Gasteiger partial charge is 0.481 e. The van der Waals surface area contributed by atoms with Crippen molar-refractivity contribution in [3.8, 4) is 0 Å². The topological polar surface area (TPSA) is 101 Å². The number of nitrogens with zero attached hydrogens (tertiary/aromatic N) is 1. The number of carboxylic acids is 1. The summed E-state index contributed by atoms with van der Waals surface area (Å²) < 4.78 is 30.4. The van der Waals surface area contributed by atoms with Gasteiger partial charge in [0.15, 0.2) is 0 Å². The molecular weight excluding hydrogens is 310 g/mol. The lowest BCUT2D eigenvalue weighted by Gasteiger charge is -2.19. The summed E-state index contributed by atoms with van der Waals surface area (Å²) in [6.07, 6.45) is 0. The van der Waals surface area contributed by atoms with E-state index < -0.39 is 27.9 Å². The number of carbonyl (C=O) groups excluding carboxylic acids is 1. The monoisotopic (exact) mass is 329 g/mol. The standard InChI is InChI=1S/C14H19NO6S/c1-9-7-11(5-6-12(9)14(18)21-4)22(19,20)15(3)8-10(2)13(16)17/h5-7,10H,8H2,1-4H3,(H,16,17). The fourth-order valence-corrected chi connectivity index (χ4v) is 3.22. The first-order valence-electron chi connectivity index (χ1n) is 6.49. The Morgan fingerprint density at radius 2 is 1.95 bits per heavy atom. The van der Waals surface area contributed by atoms with Gasteiger partial charge in [-0.2, -0.15) is 0 Å². The smallest absolute Gasteiger partial charge is 0.338 e. The second kappa shape index (κ2) is 6.89. The Labute approximate surface area is 129 Å². The van der Waals surface area contributed by atoms with Crippen LogP contribution in [0.1, 0.15) is 22.8 Å². The van der Waals surface area contributed by atoms with Crippen LogP contribution in [0, 0.1) is 12.8 Å². The Hall–Kier alpha value is -1.93. The fraction of sp³-hybridized carbons (Fsp3) is 0.429. The molecule has 22 heavy (non-hydrogen) atoms. The molecule has 1 rings (SSSR count). The van der Waals surface area contributed by atoms with E-state index in [1.807, 2.05) is 0 Å². The van der Waals surface area contributed by atoms with Gasteiger partial charge in [-0.1, -0.05) is 6.92 Å². The number of rotatable bonds is 6. The van der Waals surface area contributed by atoms with Gasteiger partial charge in [0, 0.05) is 13.6 Å². The lowest BCUT2D eigenvalue weighted by atomic mass is 10.1. The Bertz CT molecular complexity index is 683. The minimum Gasteiger partial charge on any atom is -0.481 e. The summed E-state index contributed by atoms with van der Waals surface area (Å²) in [5.41, 5.74) is 0.746. The molecular formula is C14H19NO6S. The van der Waals surface area contributed by atoms with Crippen LogP contribution >= 0.6 is 0 Å². The molecule has 122 valence electrons. The predicted octanol–water partition coefficient (Wildman–Crippen LogP) is 1.12. The molecule has 0 aliphatic carbocycles. The van der Waals surface area contributed by atoms with Crippen molar-refractivity contribution in [2.24, 2.45) is 5.92 Å². The number of aliphatic carboxylic acids is 1. The van der Waals surface area contributed by atoms with Crippen molar-refractivity contribution in [3.63, 3.8) is 0 Å². The molecule has 1 N–H and O–H groups in total. The first-order valence-corrected chi connectivity index (χ1v) is 7.93. The van der Waals surface area contributed by atoms with Crippen molar-refractivity contribution >= 4 is 22.0 Å². The molecule has 0 aliphatic heterocycles. The molecule has 7 nitrogen and oxygen atoms in total. The Kier molecular flexibility index (Phi) is 5.67. The van der Waals surface area contributed by atoms with Crippen LogP contribution in [0.4, 0.5) is 0 Å². The van der Waals surface area contributed by atoms with E-state index in [1.165, 1.54) is 39.3 Å². The number of sulfonamides is 1. The number of methoxy groups -OCH3 is 1. The highest BCUT2D eigenvalue weighted by atomic mass is 32.2. The SMILES string of the molecule is COC(=O)c1ccc(S(=O)(=O)N(C)CC(C)C(=O)O)cc1C. The normalized spacial score (nSPS) is 13.0. The maximum atomic E-state index is 12.4. The average molecular weight is 329 g/mol. The van der Waals surface area contributed by atoms with Crippen LogP contribution in [0.5, 0.6) is 0 Å². The summed E-state index contributed by atoms with van der Waals surface area (Å²) >= 11 is 0. The number of esters is 1. The van der Waals surface area contributed by atoms with E-state index in [-0.39, 0.29) is 17.0 Å². The van der Waals surface area contributed by atoms with E-state index in [0.29, 0.717) is 5.56 Å². The lowest BCUT2D eigenvalue weighted by Crippen LogP contribution is -2.33. The molecule has 0 aliphatic rings. The molecule has 0 spiro atoms. The molecule has 0 saturated carbocycles. The maximum Gasteiger partial charge on any atom is 0.338 e. The van der Waals surface area contributed by atoms with Gasteiger partial charge >= 0.3 is 11.9 Å². The van der Waals surface area contributed by atoms with Crippen molar-refractivity contribution < 1.29 is 27.9 Å². The minimum atomic E-state index is -3.82. The quantitative estimate of drug-likeness (QED) is 0.785. The van der Waals surface area contributed by atoms with E-state index in [1.54, 1.807) is 6.92 Å². The van der Waals surface area contributed by atoms with Crippen LogP contribution in [-0.4, -0.2) is 50.5 Å². The van der Waals surface area contributed by atoms with Crippen LogP contribution < -0.4 is 0 Å². The number of ether oxygens (including phenoxy) is 1. The van der Waals surface area contributed by atoms with Crippen molar-refractivity contribution in [1.29, 1.82) is 0 Å². The van der Waals surface area contributed by atoms with Gasteiger partial charge < -0.3 is 9.84 Å². The molecule has 0 aromatic heterocycles. The maximum absolute atomic E-state index is 12.4. The summed E-state index contributed by atoms with van der Waals surface area (Å²) in [4.78, 5) is 22.3. The summed E-state index contributed by atoms with van der Waals surface area (Å²) in [5.74, 6) is -2.44. The molecule has 8 heteroatoms. The summed E-state index contributed by atoms with van der Waals surface area (Å²) in [7, 11) is -1.26. The van der Waals surface area contributed by atoms with E-state index >= 15 is 0 Å². The highest BCUT2D eigenvalue weighted by Crippen LogP contribution is 2.20. The summed E-state index contributed by atoms with van der Waals surface area (Å²) in [6.45, 7) is 2.89. The van der Waals surface area contributed by atoms with Crippen LogP contribution in [-0.2, 0) is 19.6 Å². The van der Waals surface area contributed by atoms with Crippen LogP contribution in [0.2, 0.25) is 0 Å². The van der Waals surface area contributed by atoms with E-state index in [2.05, 4.69) is 4.74 Å². The molecule has 1 unspecified atom stereocenters. The van der Waals surface area contributed by atoms with Gasteiger partial charge in [0.2, 0.25) is 10.0 Å². The number of carbonyl (C=O) groups is 2. The molecule has 0 saturated heterocycles. The molecule has 0 bridgehead atoms. The van der Waals surface area contributed by atoms with Crippen LogP contribution in [0.3, 0.4) is 0 Å². The third-order valence-electron chi connectivity index (χ3n) is 3.26. The van der Waals surface area contributed by atoms with Gasteiger partial charge in [0.25, 0.3) is 0 Å². The number of hydrogen-bond acceptors (Lipinski definition) is 5. The van der Waals surface area contributed by atoms with E-state index in [4.69, 9.17) is 5.11 Å². The summed E-state index contributed by atoms with van der Waals surface area (Å²) in [5, 5.41) is 8.86. The average Bonchev–Trinajstić information content (AvgIpc) is 2.45. The van der Waals surface area contributed by atoms with Crippen LogP contribution in [0.25, 0.3) is 0 Å². The zero-order valence-electron chi connectivity index (χ0n) is 12.9. The third kappa shape index (κ3) is 3.83. The second-order valence-corrected chi connectivity index (χ2v) is 7.04. The number of carboxylic acid groups (broad SMARTS) is 1. The van der Waals surface area contributed by atoms with Gasteiger partial charge in [0.1, 0.15) is 0 Å². The Morgan fingerprint density at radius 3 is 2.41 bits per heavy atom. The first-order chi connectivity index (χ1) is 10.1. The minimum absolute atomic E-state index is 0.00209. The lowest BCUT2D eigenvalue weighted by molar-refractivity contribution is -0.141. The molecule has 1 aromatic rings. The predicted molar refractivity (Wildman–Crippen MR) is 79.1 cm³/mol. The third-order valence-corrected chi connectivity index (χ3v) is 5.08. The number of benzene rings is 1. The first kappa shape index (κ1) is 18.1. The number of aryl methyl sites for hydroxylation is 1. The molecule has 0 radical (unpaired) electrons. The summed E-state index contributed by atoms with van der Waals surface area (Å²) in [6, 6.07) is 4.04. The highest BCUT2D eigenvalue weighted by Gasteiger charge is 2.25. The molecule has 0 fully saturated rings. The number of hydrogen-bond donors (Lipinski definition) is 1. The van der Waals surface area contributed by atoms with Gasteiger partial charge in [-0.05, 0) is 30.7 Å². The van der Waals surface area contributed by atoms with E-state index in [0.717, 1.165) is 4.31 Å². The molecule has 0 heterocycles.